The average molecular weight is 611 g/mol. The van der Waals surface area contributed by atoms with Gasteiger partial charge in [0.2, 0.25) is 0 Å². The van der Waals surface area contributed by atoms with Crippen LogP contribution in [0.3, 0.4) is 0 Å². The van der Waals surface area contributed by atoms with E-state index in [2.05, 4.69) is 96.6 Å². The number of hydrogen-bond donors (Lipinski definition) is 0. The topological polar surface area (TPSA) is 0 Å². The number of hydrogen-bond acceptors (Lipinski definition) is 0. The molecule has 274 valence electrons. The van der Waals surface area contributed by atoms with Crippen molar-refractivity contribution >= 4 is 0 Å². The summed E-state index contributed by atoms with van der Waals surface area (Å²) in [6, 6.07) is 0. The Bertz CT molecular complexity index is 206. The zero-order valence-electron chi connectivity index (χ0n) is 37.0. The molecule has 0 fully saturated rings. The summed E-state index contributed by atoms with van der Waals surface area (Å²) in [6.07, 6.45) is 13.5. The zero-order valence-corrected chi connectivity index (χ0v) is 37.0. The molecule has 0 N–H and O–H groups in total. The summed E-state index contributed by atoms with van der Waals surface area (Å²) < 4.78 is 0. The van der Waals surface area contributed by atoms with Crippen molar-refractivity contribution in [3.05, 3.63) is 12.2 Å². The predicted molar refractivity (Wildman–Crippen MR) is 219 cm³/mol. The van der Waals surface area contributed by atoms with Crippen LogP contribution in [0.4, 0.5) is 0 Å². The fourth-order valence-electron chi connectivity index (χ4n) is 1.63. The molecule has 0 rings (SSSR count). The number of unbranched alkanes of at least 4 members (excludes halogenated alkanes) is 3. The van der Waals surface area contributed by atoms with E-state index >= 15 is 0 Å². The second kappa shape index (κ2) is 136. The quantitative estimate of drug-likeness (QED) is 0.240. The van der Waals surface area contributed by atoms with Gasteiger partial charge in [-0.15, -0.1) is 6.58 Å². The first-order valence-electron chi connectivity index (χ1n) is 19.5. The van der Waals surface area contributed by atoms with Crippen molar-refractivity contribution in [3.63, 3.8) is 0 Å². The Kier molecular flexibility index (Phi) is 254. The lowest BCUT2D eigenvalue weighted by atomic mass is 10.0. The van der Waals surface area contributed by atoms with Gasteiger partial charge in [-0.25, -0.2) is 0 Å². The Morgan fingerprint density at radius 2 is 0.524 bits per heavy atom. The molecule has 0 radical (unpaired) electrons. The van der Waals surface area contributed by atoms with Crippen molar-refractivity contribution in [2.24, 2.45) is 17.8 Å². The molecule has 0 aliphatic heterocycles. The molecule has 42 heavy (non-hydrogen) atoms. The molecule has 0 heterocycles. The smallest absolute Gasteiger partial charge is 0.0445 e. The molecule has 0 nitrogen and oxygen atoms in total. The highest BCUT2D eigenvalue weighted by Gasteiger charge is 1.95. The fourth-order valence-corrected chi connectivity index (χ4v) is 1.63. The predicted octanol–water partition coefficient (Wildman–Crippen LogP) is 18.7. The lowest BCUT2D eigenvalue weighted by molar-refractivity contribution is 0.476. The van der Waals surface area contributed by atoms with Crippen LogP contribution in [0.2, 0.25) is 0 Å². The molecule has 0 bridgehead atoms. The van der Waals surface area contributed by atoms with Gasteiger partial charge in [-0.2, -0.15) is 0 Å². The highest BCUT2D eigenvalue weighted by atomic mass is 14.0. The maximum atomic E-state index is 3.56. The van der Waals surface area contributed by atoms with E-state index in [1.165, 1.54) is 69.8 Å². The Balaban J connectivity index is -0.0000000245. The van der Waals surface area contributed by atoms with E-state index in [9.17, 15) is 0 Å². The summed E-state index contributed by atoms with van der Waals surface area (Å²) in [5.74, 6) is 2.68. The lowest BCUT2D eigenvalue weighted by Crippen LogP contribution is -1.91. The van der Waals surface area contributed by atoms with Crippen LogP contribution in [-0.2, 0) is 0 Å². The maximum Gasteiger partial charge on any atom is -0.0445 e. The molecule has 0 saturated heterocycles. The van der Waals surface area contributed by atoms with Gasteiger partial charge in [0.25, 0.3) is 0 Å². The van der Waals surface area contributed by atoms with Crippen LogP contribution >= 0.6 is 0 Å². The van der Waals surface area contributed by atoms with Gasteiger partial charge in [-0.05, 0) is 31.6 Å². The minimum atomic E-state index is 0.886. The second-order valence-electron chi connectivity index (χ2n) is 9.88. The molecule has 0 aromatic heterocycles. The zero-order chi connectivity index (χ0) is 37.4. The van der Waals surface area contributed by atoms with E-state index in [0.29, 0.717) is 0 Å². The molecule has 0 spiro atoms. The summed E-state index contributed by atoms with van der Waals surface area (Å²) in [4.78, 5) is 0. The Morgan fingerprint density at radius 3 is 0.571 bits per heavy atom. The number of rotatable bonds is 8. The number of allylic oxidation sites excluding steroid dienone is 1. The van der Waals surface area contributed by atoms with Gasteiger partial charge in [0.15, 0.2) is 0 Å². The molecule has 0 amide bonds. The SMILES string of the molecule is C=C(C)C.CC.CC.CC.CC.CC.CC.CC(C)CCC(C)C.CCC.CCC.CCCCC.CCCCC(C)C. The van der Waals surface area contributed by atoms with Gasteiger partial charge in [-0.1, -0.05) is 243 Å². The van der Waals surface area contributed by atoms with Crippen molar-refractivity contribution in [1.82, 2.24) is 0 Å². The van der Waals surface area contributed by atoms with E-state index in [1.807, 2.05) is 96.9 Å². The maximum absolute atomic E-state index is 3.56. The normalized spacial score (nSPS) is 7.19. The van der Waals surface area contributed by atoms with Crippen molar-refractivity contribution in [1.29, 1.82) is 0 Å². The van der Waals surface area contributed by atoms with E-state index in [0.717, 1.165) is 17.8 Å². The van der Waals surface area contributed by atoms with Crippen molar-refractivity contribution < 1.29 is 0 Å². The van der Waals surface area contributed by atoms with Crippen LogP contribution < -0.4 is 0 Å². The molecule has 0 aromatic carbocycles. The third-order valence-corrected chi connectivity index (χ3v) is 3.16. The molecule has 0 aliphatic carbocycles. The molecule has 0 heteroatoms. The van der Waals surface area contributed by atoms with Gasteiger partial charge >= 0.3 is 0 Å². The largest absolute Gasteiger partial charge is 0.100 e. The van der Waals surface area contributed by atoms with E-state index in [-0.39, 0.29) is 0 Å². The van der Waals surface area contributed by atoms with Gasteiger partial charge in [0, 0.05) is 0 Å². The monoisotopic (exact) mass is 611 g/mol. The van der Waals surface area contributed by atoms with Crippen LogP contribution in [0.1, 0.15) is 251 Å². The first-order chi connectivity index (χ1) is 19.9. The summed E-state index contributed by atoms with van der Waals surface area (Å²) in [7, 11) is 0. The van der Waals surface area contributed by atoms with E-state index < -0.39 is 0 Å². The lowest BCUT2D eigenvalue weighted by Gasteiger charge is -2.05. The summed E-state index contributed by atoms with van der Waals surface area (Å²) in [5, 5.41) is 0. The summed E-state index contributed by atoms with van der Waals surface area (Å²) in [5.41, 5.74) is 1.17. The van der Waals surface area contributed by atoms with Crippen LogP contribution in [0.25, 0.3) is 0 Å². The van der Waals surface area contributed by atoms with E-state index in [4.69, 9.17) is 0 Å². The van der Waals surface area contributed by atoms with Crippen molar-refractivity contribution in [2.45, 2.75) is 251 Å². The Hall–Kier alpha value is -0.260. The minimum absolute atomic E-state index is 0.886. The van der Waals surface area contributed by atoms with Crippen LogP contribution in [0.5, 0.6) is 0 Å². The van der Waals surface area contributed by atoms with Crippen molar-refractivity contribution in [2.75, 3.05) is 0 Å². The van der Waals surface area contributed by atoms with Crippen molar-refractivity contribution in [3.8, 4) is 0 Å². The molecular formula is C42H106. The third-order valence-electron chi connectivity index (χ3n) is 3.16. The highest BCUT2D eigenvalue weighted by molar-refractivity contribution is 4.78. The first kappa shape index (κ1) is 78.3. The highest BCUT2D eigenvalue weighted by Crippen LogP contribution is 2.09. The van der Waals surface area contributed by atoms with Gasteiger partial charge < -0.3 is 0 Å². The van der Waals surface area contributed by atoms with Gasteiger partial charge in [-0.3, -0.25) is 0 Å². The summed E-state index contributed by atoms with van der Waals surface area (Å²) >= 11 is 0. The molecule has 0 atom stereocenters. The van der Waals surface area contributed by atoms with Crippen LogP contribution in [0, 0.1) is 17.8 Å². The Labute approximate surface area is 280 Å². The average Bonchev–Trinajstić information content (AvgIpc) is 2.99. The second-order valence-corrected chi connectivity index (χ2v) is 9.88. The van der Waals surface area contributed by atoms with Crippen LogP contribution in [0.15, 0.2) is 12.2 Å². The van der Waals surface area contributed by atoms with Gasteiger partial charge in [0.05, 0.1) is 0 Å². The fraction of sp³-hybridized carbons (Fsp3) is 0.952. The van der Waals surface area contributed by atoms with E-state index in [1.54, 1.807) is 0 Å². The molecule has 0 saturated carbocycles. The Morgan fingerprint density at radius 1 is 0.381 bits per heavy atom. The molecule has 0 unspecified atom stereocenters. The standard InChI is InChI=1S/C8H18.C7H16.C5H12.C4H8.2C3H8.6C2H6/c1-7(2)5-6-8(3)4;1-4-5-6-7(2)3;1-3-5-4-2;1-4(2)3;2*1-3-2;6*1-2/h7-8H,5-6H2,1-4H3;7H,4-6H2,1-3H3;3-5H2,1-2H3;1H2,2-3H3;2*3H2,1-2H3;6*1-2H3. The summed E-state index contributed by atoms with van der Waals surface area (Å²) in [6.45, 7) is 60.3. The van der Waals surface area contributed by atoms with Gasteiger partial charge in [0.1, 0.15) is 0 Å². The molecular weight excluding hydrogens is 504 g/mol. The first-order valence-corrected chi connectivity index (χ1v) is 19.5. The minimum Gasteiger partial charge on any atom is -0.100 e. The van der Waals surface area contributed by atoms with Crippen LogP contribution in [-0.4, -0.2) is 0 Å². The molecule has 0 aromatic rings. The molecule has 0 aliphatic rings. The third kappa shape index (κ3) is 517.